The van der Waals surface area contributed by atoms with Crippen molar-refractivity contribution in [2.75, 3.05) is 13.1 Å². The molecule has 0 aliphatic carbocycles. The highest BCUT2D eigenvalue weighted by Crippen LogP contribution is 2.18. The highest BCUT2D eigenvalue weighted by atomic mass is 35.5. The van der Waals surface area contributed by atoms with E-state index in [9.17, 15) is 5.11 Å². The van der Waals surface area contributed by atoms with Crippen molar-refractivity contribution in [1.82, 2.24) is 4.90 Å². The molecule has 16 heavy (non-hydrogen) atoms. The molecule has 0 spiro atoms. The number of aliphatic hydroxyl groups is 1. The van der Waals surface area contributed by atoms with E-state index in [4.69, 9.17) is 0 Å². The van der Waals surface area contributed by atoms with Crippen LogP contribution in [0.5, 0.6) is 0 Å². The molecule has 2 nitrogen and oxygen atoms in total. The zero-order valence-electron chi connectivity index (χ0n) is 9.67. The maximum Gasteiger partial charge on any atom is 0.0693 e. The lowest BCUT2D eigenvalue weighted by molar-refractivity contribution is 0.0259. The van der Waals surface area contributed by atoms with Crippen LogP contribution in [0.2, 0.25) is 0 Å². The van der Waals surface area contributed by atoms with Gasteiger partial charge in [-0.05, 0) is 24.4 Å². The Kier molecular flexibility index (Phi) is 5.26. The molecule has 0 aromatic heterocycles. The predicted molar refractivity (Wildman–Crippen MR) is 68.8 cm³/mol. The van der Waals surface area contributed by atoms with E-state index in [0.29, 0.717) is 5.92 Å². The molecule has 3 heteroatoms. The topological polar surface area (TPSA) is 23.5 Å². The lowest BCUT2D eigenvalue weighted by atomic mass is 9.96. The third-order valence-corrected chi connectivity index (χ3v) is 3.25. The van der Waals surface area contributed by atoms with E-state index in [0.717, 1.165) is 26.1 Å². The van der Waals surface area contributed by atoms with Gasteiger partial charge in [0.15, 0.2) is 0 Å². The second-order valence-electron chi connectivity index (χ2n) is 4.55. The van der Waals surface area contributed by atoms with Gasteiger partial charge in [-0.15, -0.1) is 12.4 Å². The zero-order valence-corrected chi connectivity index (χ0v) is 10.5. The Morgan fingerprint density at radius 2 is 2.00 bits per heavy atom. The summed E-state index contributed by atoms with van der Waals surface area (Å²) in [5, 5.41) is 9.78. The van der Waals surface area contributed by atoms with Crippen molar-refractivity contribution in [3.8, 4) is 0 Å². The number of nitrogens with zero attached hydrogens (tertiary/aromatic N) is 1. The van der Waals surface area contributed by atoms with Gasteiger partial charge in [-0.2, -0.15) is 0 Å². The second-order valence-corrected chi connectivity index (χ2v) is 4.55. The van der Waals surface area contributed by atoms with Gasteiger partial charge < -0.3 is 5.11 Å². The average molecular weight is 242 g/mol. The fraction of sp³-hybridized carbons (Fsp3) is 0.538. The van der Waals surface area contributed by atoms with Crippen LogP contribution in [-0.4, -0.2) is 29.2 Å². The summed E-state index contributed by atoms with van der Waals surface area (Å²) in [6, 6.07) is 10.5. The molecule has 0 bridgehead atoms. The molecule has 1 aliphatic heterocycles. The fourth-order valence-electron chi connectivity index (χ4n) is 2.10. The zero-order chi connectivity index (χ0) is 10.7. The highest BCUT2D eigenvalue weighted by Gasteiger charge is 2.23. The predicted octanol–water partition coefficient (Wildman–Crippen LogP) is 2.31. The van der Waals surface area contributed by atoms with Crippen LogP contribution in [0.25, 0.3) is 0 Å². The molecular formula is C13H20ClNO. The minimum atomic E-state index is -0.150. The number of piperidine rings is 1. The van der Waals surface area contributed by atoms with Crippen LogP contribution < -0.4 is 0 Å². The molecule has 1 aromatic carbocycles. The van der Waals surface area contributed by atoms with Gasteiger partial charge in [0.05, 0.1) is 6.10 Å². The van der Waals surface area contributed by atoms with Crippen molar-refractivity contribution in [3.05, 3.63) is 35.9 Å². The molecule has 90 valence electrons. The number of hydrogen-bond donors (Lipinski definition) is 1. The molecule has 1 aromatic rings. The standard InChI is InChI=1S/C13H19NO.ClH/c1-11-7-8-14(10-13(11)15)9-12-5-3-2-4-6-12;/h2-6,11,13,15H,7-10H2,1H3;1H/t11-,13-;/m0./s1. The Bertz CT molecular complexity index is 304. The van der Waals surface area contributed by atoms with E-state index in [1.807, 2.05) is 6.07 Å². The Labute approximate surface area is 104 Å². The largest absolute Gasteiger partial charge is 0.392 e. The minimum Gasteiger partial charge on any atom is -0.392 e. The van der Waals surface area contributed by atoms with Crippen LogP contribution >= 0.6 is 12.4 Å². The normalized spacial score (nSPS) is 26.1. The summed E-state index contributed by atoms with van der Waals surface area (Å²) < 4.78 is 0. The Hall–Kier alpha value is -0.570. The molecular weight excluding hydrogens is 222 g/mol. The van der Waals surface area contributed by atoms with Crippen molar-refractivity contribution in [2.45, 2.75) is 26.0 Å². The fourth-order valence-corrected chi connectivity index (χ4v) is 2.10. The molecule has 2 rings (SSSR count). The summed E-state index contributed by atoms with van der Waals surface area (Å²) in [6.45, 7) is 5.01. The Morgan fingerprint density at radius 1 is 1.31 bits per heavy atom. The van der Waals surface area contributed by atoms with Crippen LogP contribution in [0.3, 0.4) is 0 Å². The number of halogens is 1. The Morgan fingerprint density at radius 3 is 2.62 bits per heavy atom. The first kappa shape index (κ1) is 13.5. The van der Waals surface area contributed by atoms with Crippen LogP contribution in [0.1, 0.15) is 18.9 Å². The maximum atomic E-state index is 9.78. The first-order valence-electron chi connectivity index (χ1n) is 5.70. The number of rotatable bonds is 2. The molecule has 1 saturated heterocycles. The van der Waals surface area contributed by atoms with Crippen LogP contribution in [0.15, 0.2) is 30.3 Å². The summed E-state index contributed by atoms with van der Waals surface area (Å²) in [7, 11) is 0. The molecule has 1 fully saturated rings. The molecule has 1 N–H and O–H groups in total. The molecule has 0 amide bonds. The average Bonchev–Trinajstić information content (AvgIpc) is 2.25. The lowest BCUT2D eigenvalue weighted by Gasteiger charge is -2.34. The number of benzene rings is 1. The van der Waals surface area contributed by atoms with Crippen LogP contribution in [-0.2, 0) is 6.54 Å². The van der Waals surface area contributed by atoms with Gasteiger partial charge in [0.2, 0.25) is 0 Å². The minimum absolute atomic E-state index is 0. The SMILES string of the molecule is C[C@H]1CCN(Cc2ccccc2)C[C@@H]1O.Cl. The van der Waals surface area contributed by atoms with E-state index in [2.05, 4.69) is 36.1 Å². The van der Waals surface area contributed by atoms with Crippen LogP contribution in [0, 0.1) is 5.92 Å². The van der Waals surface area contributed by atoms with Gasteiger partial charge in [0.1, 0.15) is 0 Å². The molecule has 1 heterocycles. The maximum absolute atomic E-state index is 9.78. The third kappa shape index (κ3) is 3.48. The van der Waals surface area contributed by atoms with E-state index in [-0.39, 0.29) is 18.5 Å². The molecule has 0 radical (unpaired) electrons. The summed E-state index contributed by atoms with van der Waals surface area (Å²) in [4.78, 5) is 2.33. The van der Waals surface area contributed by atoms with Crippen molar-refractivity contribution < 1.29 is 5.11 Å². The first-order chi connectivity index (χ1) is 7.25. The van der Waals surface area contributed by atoms with E-state index < -0.39 is 0 Å². The number of hydrogen-bond acceptors (Lipinski definition) is 2. The summed E-state index contributed by atoms with van der Waals surface area (Å²) >= 11 is 0. The number of aliphatic hydroxyl groups excluding tert-OH is 1. The Balaban J connectivity index is 0.00000128. The summed E-state index contributed by atoms with van der Waals surface area (Å²) in [5.74, 6) is 0.456. The third-order valence-electron chi connectivity index (χ3n) is 3.25. The molecule has 0 unspecified atom stereocenters. The van der Waals surface area contributed by atoms with Gasteiger partial charge >= 0.3 is 0 Å². The molecule has 1 aliphatic rings. The highest BCUT2D eigenvalue weighted by molar-refractivity contribution is 5.85. The smallest absolute Gasteiger partial charge is 0.0693 e. The number of β-amino-alcohol motifs (C(OH)–C–C–N with tert-alkyl or cyclic N) is 1. The lowest BCUT2D eigenvalue weighted by Crippen LogP contribution is -2.42. The van der Waals surface area contributed by atoms with Gasteiger partial charge in [0, 0.05) is 13.1 Å². The van der Waals surface area contributed by atoms with Crippen molar-refractivity contribution in [2.24, 2.45) is 5.92 Å². The molecule has 0 saturated carbocycles. The van der Waals surface area contributed by atoms with Crippen LogP contribution in [0.4, 0.5) is 0 Å². The summed E-state index contributed by atoms with van der Waals surface area (Å²) in [6.07, 6.45) is 0.955. The van der Waals surface area contributed by atoms with E-state index in [1.54, 1.807) is 0 Å². The van der Waals surface area contributed by atoms with Crippen molar-refractivity contribution in [3.63, 3.8) is 0 Å². The van der Waals surface area contributed by atoms with Gasteiger partial charge in [-0.25, -0.2) is 0 Å². The van der Waals surface area contributed by atoms with Gasteiger partial charge in [-0.3, -0.25) is 4.90 Å². The quantitative estimate of drug-likeness (QED) is 0.859. The van der Waals surface area contributed by atoms with Gasteiger partial charge in [0.25, 0.3) is 0 Å². The van der Waals surface area contributed by atoms with Crippen molar-refractivity contribution in [1.29, 1.82) is 0 Å². The van der Waals surface area contributed by atoms with Crippen molar-refractivity contribution >= 4 is 12.4 Å². The monoisotopic (exact) mass is 241 g/mol. The van der Waals surface area contributed by atoms with Gasteiger partial charge in [-0.1, -0.05) is 37.3 Å². The first-order valence-corrected chi connectivity index (χ1v) is 5.70. The second kappa shape index (κ2) is 6.24. The summed E-state index contributed by atoms with van der Waals surface area (Å²) in [5.41, 5.74) is 1.33. The van der Waals surface area contributed by atoms with E-state index >= 15 is 0 Å². The number of likely N-dealkylation sites (tertiary alicyclic amines) is 1. The molecule has 2 atom stereocenters. The van der Waals surface area contributed by atoms with E-state index in [1.165, 1.54) is 5.56 Å².